The number of carbonyl (C=O) groups excluding carboxylic acids is 1. The van der Waals surface area contributed by atoms with Crippen LogP contribution in [0.3, 0.4) is 0 Å². The zero-order chi connectivity index (χ0) is 17.0. The van der Waals surface area contributed by atoms with E-state index in [-0.39, 0.29) is 11.4 Å². The summed E-state index contributed by atoms with van der Waals surface area (Å²) in [6.45, 7) is 1.39. The summed E-state index contributed by atoms with van der Waals surface area (Å²) in [6.07, 6.45) is 0.161. The van der Waals surface area contributed by atoms with Crippen LogP contribution in [0, 0.1) is 15.9 Å². The van der Waals surface area contributed by atoms with Crippen molar-refractivity contribution < 1.29 is 18.8 Å². The van der Waals surface area contributed by atoms with Gasteiger partial charge in [0.25, 0.3) is 5.91 Å². The predicted molar refractivity (Wildman–Crippen MR) is 83.7 cm³/mol. The third kappa shape index (κ3) is 4.22. The van der Waals surface area contributed by atoms with Gasteiger partial charge in [-0.05, 0) is 47.2 Å². The highest BCUT2D eigenvalue weighted by molar-refractivity contribution is 9.10. The van der Waals surface area contributed by atoms with E-state index in [0.29, 0.717) is 4.47 Å². The molecule has 1 unspecified atom stereocenters. The first-order valence-electron chi connectivity index (χ1n) is 6.40. The van der Waals surface area contributed by atoms with Gasteiger partial charge in [-0.2, -0.15) is 0 Å². The van der Waals surface area contributed by atoms with Crippen molar-refractivity contribution >= 4 is 33.3 Å². The molecule has 0 fully saturated rings. The molecule has 1 aromatic heterocycles. The lowest BCUT2D eigenvalue weighted by Gasteiger charge is -2.14. The Bertz CT molecular complexity index is 757. The van der Waals surface area contributed by atoms with Gasteiger partial charge in [0.05, 0.1) is 5.69 Å². The quantitative estimate of drug-likeness (QED) is 0.631. The molecule has 0 saturated carbocycles. The lowest BCUT2D eigenvalue weighted by atomic mass is 10.3. The molecule has 23 heavy (non-hydrogen) atoms. The largest absolute Gasteiger partial charge is 0.473 e. The van der Waals surface area contributed by atoms with Gasteiger partial charge in [-0.15, -0.1) is 0 Å². The molecule has 0 radical (unpaired) electrons. The average Bonchev–Trinajstić information content (AvgIpc) is 2.50. The summed E-state index contributed by atoms with van der Waals surface area (Å²) in [5.41, 5.74) is -0.0191. The fourth-order valence-electron chi connectivity index (χ4n) is 1.68. The van der Waals surface area contributed by atoms with E-state index >= 15 is 0 Å². The van der Waals surface area contributed by atoms with Gasteiger partial charge in [0, 0.05) is 4.47 Å². The Morgan fingerprint density at radius 1 is 1.48 bits per heavy atom. The summed E-state index contributed by atoms with van der Waals surface area (Å²) < 4.78 is 19.5. The summed E-state index contributed by atoms with van der Waals surface area (Å²) in [7, 11) is 0. The van der Waals surface area contributed by atoms with Gasteiger partial charge in [-0.3, -0.25) is 4.79 Å². The van der Waals surface area contributed by atoms with Crippen molar-refractivity contribution in [2.45, 2.75) is 13.0 Å². The van der Waals surface area contributed by atoms with E-state index in [9.17, 15) is 19.3 Å². The normalized spacial score (nSPS) is 11.6. The topological polar surface area (TPSA) is 94.4 Å². The summed E-state index contributed by atoms with van der Waals surface area (Å²) >= 11 is 3.11. The number of pyridine rings is 1. The van der Waals surface area contributed by atoms with Crippen LogP contribution in [0.2, 0.25) is 0 Å². The Morgan fingerprint density at radius 2 is 2.22 bits per heavy atom. The number of hydrogen-bond donors (Lipinski definition) is 1. The summed E-state index contributed by atoms with van der Waals surface area (Å²) in [5.74, 6) is -1.91. The number of anilines is 1. The molecule has 7 nitrogen and oxygen atoms in total. The fraction of sp³-hybridized carbons (Fsp3) is 0.143. The summed E-state index contributed by atoms with van der Waals surface area (Å²) in [5, 5.41) is 13.2. The molecule has 1 amide bonds. The fourth-order valence-corrected chi connectivity index (χ4v) is 2.01. The summed E-state index contributed by atoms with van der Waals surface area (Å²) in [6, 6.07) is 6.93. The lowest BCUT2D eigenvalue weighted by molar-refractivity contribution is -0.390. The van der Waals surface area contributed by atoms with Crippen LogP contribution < -0.4 is 10.1 Å². The van der Waals surface area contributed by atoms with Crippen LogP contribution in [-0.2, 0) is 4.79 Å². The van der Waals surface area contributed by atoms with E-state index in [2.05, 4.69) is 26.2 Å². The van der Waals surface area contributed by atoms with E-state index in [4.69, 9.17) is 4.74 Å². The zero-order valence-electron chi connectivity index (χ0n) is 11.8. The van der Waals surface area contributed by atoms with Crippen molar-refractivity contribution in [1.29, 1.82) is 0 Å². The Labute approximate surface area is 138 Å². The Morgan fingerprint density at radius 3 is 2.87 bits per heavy atom. The van der Waals surface area contributed by atoms with Crippen molar-refractivity contribution in [3.8, 4) is 5.75 Å². The van der Waals surface area contributed by atoms with Crippen molar-refractivity contribution in [1.82, 2.24) is 4.98 Å². The van der Waals surface area contributed by atoms with Crippen molar-refractivity contribution in [3.63, 3.8) is 0 Å². The number of aromatic nitrogens is 1. The highest BCUT2D eigenvalue weighted by Crippen LogP contribution is 2.25. The SMILES string of the molecule is CC(Oc1cccnc1[N+](=O)[O-])C(=O)Nc1ccc(Br)cc1F. The third-order valence-electron chi connectivity index (χ3n) is 2.79. The minimum Gasteiger partial charge on any atom is -0.473 e. The maximum Gasteiger partial charge on any atom is 0.406 e. The molecule has 120 valence electrons. The van der Waals surface area contributed by atoms with E-state index in [0.717, 1.165) is 0 Å². The first kappa shape index (κ1) is 16.8. The van der Waals surface area contributed by atoms with E-state index in [1.165, 1.54) is 37.4 Å². The van der Waals surface area contributed by atoms with Crippen LogP contribution >= 0.6 is 15.9 Å². The van der Waals surface area contributed by atoms with Crippen LogP contribution in [-0.4, -0.2) is 21.9 Å². The molecule has 2 aromatic rings. The molecule has 1 heterocycles. The number of nitrogens with one attached hydrogen (secondary N) is 1. The first-order chi connectivity index (χ1) is 10.9. The molecule has 1 atom stereocenters. The number of halogens is 2. The van der Waals surface area contributed by atoms with Crippen LogP contribution in [0.4, 0.5) is 15.9 Å². The number of benzene rings is 1. The second kappa shape index (κ2) is 7.14. The zero-order valence-corrected chi connectivity index (χ0v) is 13.4. The van der Waals surface area contributed by atoms with Crippen molar-refractivity contribution in [2.24, 2.45) is 0 Å². The Hall–Kier alpha value is -2.55. The Balaban J connectivity index is 2.10. The number of hydrogen-bond acceptors (Lipinski definition) is 5. The maximum atomic E-state index is 13.7. The van der Waals surface area contributed by atoms with E-state index in [1.54, 1.807) is 6.07 Å². The lowest BCUT2D eigenvalue weighted by Crippen LogP contribution is -2.30. The average molecular weight is 384 g/mol. The van der Waals surface area contributed by atoms with Crippen LogP contribution in [0.15, 0.2) is 41.0 Å². The molecular weight excluding hydrogens is 373 g/mol. The third-order valence-corrected chi connectivity index (χ3v) is 3.28. The number of rotatable bonds is 5. The highest BCUT2D eigenvalue weighted by Gasteiger charge is 2.22. The first-order valence-corrected chi connectivity index (χ1v) is 7.19. The van der Waals surface area contributed by atoms with Gasteiger partial charge in [-0.25, -0.2) is 4.39 Å². The molecule has 0 spiro atoms. The molecule has 9 heteroatoms. The van der Waals surface area contributed by atoms with E-state index in [1.807, 2.05) is 0 Å². The molecule has 1 N–H and O–H groups in total. The second-order valence-electron chi connectivity index (χ2n) is 4.46. The van der Waals surface area contributed by atoms with Gasteiger partial charge in [0.1, 0.15) is 12.0 Å². The molecule has 0 aliphatic rings. The van der Waals surface area contributed by atoms with Gasteiger partial charge < -0.3 is 20.2 Å². The number of amides is 1. The number of carbonyl (C=O) groups is 1. The summed E-state index contributed by atoms with van der Waals surface area (Å²) in [4.78, 5) is 25.7. The monoisotopic (exact) mass is 383 g/mol. The predicted octanol–water partition coefficient (Wildman–Crippen LogP) is 3.30. The maximum absolute atomic E-state index is 13.7. The van der Waals surface area contributed by atoms with E-state index < -0.39 is 28.6 Å². The smallest absolute Gasteiger partial charge is 0.406 e. The molecule has 0 saturated heterocycles. The van der Waals surface area contributed by atoms with Crippen molar-refractivity contribution in [3.05, 3.63) is 56.9 Å². The van der Waals surface area contributed by atoms with Crippen molar-refractivity contribution in [2.75, 3.05) is 5.32 Å². The number of nitrogens with zero attached hydrogens (tertiary/aromatic N) is 2. The molecule has 0 aliphatic heterocycles. The highest BCUT2D eigenvalue weighted by atomic mass is 79.9. The molecular formula is C14H11BrFN3O4. The number of nitro groups is 1. The Kier molecular flexibility index (Phi) is 5.22. The molecule has 0 bridgehead atoms. The van der Waals surface area contributed by atoms with Gasteiger partial charge in [-0.1, -0.05) is 15.9 Å². The molecule has 0 aliphatic carbocycles. The van der Waals surface area contributed by atoms with Gasteiger partial charge in [0.2, 0.25) is 5.75 Å². The standard InChI is InChI=1S/C14H11BrFN3O4/c1-8(23-12-3-2-6-17-13(12)19(21)22)14(20)18-11-5-4-9(15)7-10(11)16/h2-8H,1H3,(H,18,20). The van der Waals surface area contributed by atoms with Crippen LogP contribution in [0.25, 0.3) is 0 Å². The van der Waals surface area contributed by atoms with Gasteiger partial charge >= 0.3 is 5.82 Å². The second-order valence-corrected chi connectivity index (χ2v) is 5.37. The minimum absolute atomic E-state index is 0.0191. The number of ether oxygens (including phenoxy) is 1. The van der Waals surface area contributed by atoms with Crippen LogP contribution in [0.5, 0.6) is 5.75 Å². The molecule has 1 aromatic carbocycles. The van der Waals surface area contributed by atoms with Gasteiger partial charge in [0.15, 0.2) is 6.10 Å². The molecule has 2 rings (SSSR count). The minimum atomic E-state index is -1.08. The van der Waals surface area contributed by atoms with Crippen LogP contribution in [0.1, 0.15) is 6.92 Å².